The van der Waals surface area contributed by atoms with Gasteiger partial charge in [0.2, 0.25) is 0 Å². The summed E-state index contributed by atoms with van der Waals surface area (Å²) in [4.78, 5) is 26.8. The second-order valence-corrected chi connectivity index (χ2v) is 6.66. The second kappa shape index (κ2) is 6.05. The lowest BCUT2D eigenvalue weighted by Gasteiger charge is -2.16. The van der Waals surface area contributed by atoms with Crippen LogP contribution in [-0.4, -0.2) is 11.1 Å². The van der Waals surface area contributed by atoms with E-state index in [4.69, 9.17) is 0 Å². The van der Waals surface area contributed by atoms with E-state index in [1.54, 1.807) is 6.08 Å². The van der Waals surface area contributed by atoms with Crippen molar-refractivity contribution in [2.24, 2.45) is 0 Å². The maximum Gasteiger partial charge on any atom is 0.298 e. The molecule has 1 saturated heterocycles. The molecule has 4 heteroatoms. The van der Waals surface area contributed by atoms with E-state index in [0.717, 1.165) is 34.0 Å². The molecule has 3 nitrogen and oxygen atoms in total. The average molecular weight is 323 g/mol. The fourth-order valence-corrected chi connectivity index (χ4v) is 3.35. The highest BCUT2D eigenvalue weighted by atomic mass is 32.2. The lowest BCUT2D eigenvalue weighted by Crippen LogP contribution is -2.28. The Morgan fingerprint density at radius 2 is 1.70 bits per heavy atom. The minimum absolute atomic E-state index is 0.247. The predicted octanol–water partition coefficient (Wildman–Crippen LogP) is 4.85. The Morgan fingerprint density at radius 1 is 0.957 bits per heavy atom. The number of hydrogen-bond acceptors (Lipinski definition) is 3. The van der Waals surface area contributed by atoms with Gasteiger partial charge in [-0.15, -0.1) is 0 Å². The molecule has 0 unspecified atom stereocenters. The summed E-state index contributed by atoms with van der Waals surface area (Å²) in [6.45, 7) is 5.84. The van der Waals surface area contributed by atoms with Crippen LogP contribution in [0.3, 0.4) is 0 Å². The number of carbonyl (C=O) groups excluding carboxylic acids is 2. The van der Waals surface area contributed by atoms with E-state index < -0.39 is 0 Å². The molecule has 1 aliphatic rings. The summed E-state index contributed by atoms with van der Waals surface area (Å²) in [7, 11) is 0. The number of rotatable bonds is 2. The highest BCUT2D eigenvalue weighted by molar-refractivity contribution is 8.19. The Kier molecular flexibility index (Phi) is 4.09. The van der Waals surface area contributed by atoms with Gasteiger partial charge in [0.1, 0.15) is 0 Å². The van der Waals surface area contributed by atoms with Crippen LogP contribution in [0.5, 0.6) is 0 Å². The van der Waals surface area contributed by atoms with Crippen molar-refractivity contribution in [3.63, 3.8) is 0 Å². The molecule has 2 amide bonds. The summed E-state index contributed by atoms with van der Waals surface area (Å²) < 4.78 is 0. The zero-order chi connectivity index (χ0) is 16.6. The number of thioether (sulfide) groups is 1. The Labute approximate surface area is 140 Å². The van der Waals surface area contributed by atoms with Gasteiger partial charge in [-0.25, -0.2) is 4.90 Å². The number of carbonyl (C=O) groups is 2. The third kappa shape index (κ3) is 2.94. The van der Waals surface area contributed by atoms with Gasteiger partial charge in [-0.05, 0) is 66.9 Å². The molecule has 1 aliphatic heterocycles. The van der Waals surface area contributed by atoms with Crippen LogP contribution in [0.2, 0.25) is 0 Å². The summed E-state index contributed by atoms with van der Waals surface area (Å²) in [6.07, 6.45) is 1.80. The second-order valence-electron chi connectivity index (χ2n) is 5.66. The molecule has 0 N–H and O–H groups in total. The van der Waals surface area contributed by atoms with E-state index in [-0.39, 0.29) is 11.1 Å². The van der Waals surface area contributed by atoms with Crippen LogP contribution >= 0.6 is 11.8 Å². The topological polar surface area (TPSA) is 37.4 Å². The molecule has 2 aromatic rings. The van der Waals surface area contributed by atoms with Gasteiger partial charge >= 0.3 is 0 Å². The van der Waals surface area contributed by atoms with Crippen LogP contribution in [-0.2, 0) is 4.79 Å². The smallest absolute Gasteiger partial charge is 0.268 e. The SMILES string of the molecule is Cc1ccc(C)c(N2C(=O)S/C(=C\c3ccccc3C)C2=O)c1. The molecule has 0 aromatic heterocycles. The van der Waals surface area contributed by atoms with Crippen molar-refractivity contribution in [3.05, 3.63) is 69.6 Å². The first-order valence-corrected chi connectivity index (χ1v) is 8.20. The molecule has 0 spiro atoms. The molecule has 0 bridgehead atoms. The quantitative estimate of drug-likeness (QED) is 0.741. The molecule has 0 radical (unpaired) electrons. The third-order valence-corrected chi connectivity index (χ3v) is 4.74. The monoisotopic (exact) mass is 323 g/mol. The maximum absolute atomic E-state index is 12.7. The van der Waals surface area contributed by atoms with Crippen molar-refractivity contribution in [2.45, 2.75) is 20.8 Å². The minimum Gasteiger partial charge on any atom is -0.268 e. The first-order chi connectivity index (χ1) is 11.0. The molecular formula is C19H17NO2S. The van der Waals surface area contributed by atoms with Crippen LogP contribution < -0.4 is 4.90 Å². The first-order valence-electron chi connectivity index (χ1n) is 7.38. The predicted molar refractivity (Wildman–Crippen MR) is 95.5 cm³/mol. The molecule has 0 aliphatic carbocycles. The highest BCUT2D eigenvalue weighted by Gasteiger charge is 2.37. The van der Waals surface area contributed by atoms with Gasteiger partial charge in [0, 0.05) is 0 Å². The van der Waals surface area contributed by atoms with Crippen molar-refractivity contribution < 1.29 is 9.59 Å². The zero-order valence-corrected chi connectivity index (χ0v) is 14.1. The third-order valence-electron chi connectivity index (χ3n) is 3.87. The first kappa shape index (κ1) is 15.6. The van der Waals surface area contributed by atoms with E-state index >= 15 is 0 Å². The van der Waals surface area contributed by atoms with Crippen LogP contribution in [0.4, 0.5) is 10.5 Å². The van der Waals surface area contributed by atoms with Crippen LogP contribution in [0.1, 0.15) is 22.3 Å². The largest absolute Gasteiger partial charge is 0.298 e. The Bertz CT molecular complexity index is 839. The molecule has 116 valence electrons. The van der Waals surface area contributed by atoms with Gasteiger partial charge in [-0.3, -0.25) is 9.59 Å². The molecule has 23 heavy (non-hydrogen) atoms. The van der Waals surface area contributed by atoms with E-state index in [9.17, 15) is 9.59 Å². The molecule has 0 saturated carbocycles. The van der Waals surface area contributed by atoms with E-state index in [0.29, 0.717) is 10.6 Å². The normalized spacial score (nSPS) is 16.5. The number of nitrogens with zero attached hydrogens (tertiary/aromatic N) is 1. The summed E-state index contributed by atoms with van der Waals surface area (Å²) in [5.74, 6) is -0.253. The molecule has 0 atom stereocenters. The van der Waals surface area contributed by atoms with Crippen LogP contribution in [0, 0.1) is 20.8 Å². The van der Waals surface area contributed by atoms with Crippen molar-refractivity contribution in [1.29, 1.82) is 0 Å². The fourth-order valence-electron chi connectivity index (χ4n) is 2.53. The molecule has 1 heterocycles. The lowest BCUT2D eigenvalue weighted by molar-refractivity contribution is -0.113. The van der Waals surface area contributed by atoms with Gasteiger partial charge < -0.3 is 0 Å². The number of benzene rings is 2. The fraction of sp³-hybridized carbons (Fsp3) is 0.158. The highest BCUT2D eigenvalue weighted by Crippen LogP contribution is 2.37. The van der Waals surface area contributed by atoms with Crippen molar-refractivity contribution in [2.75, 3.05) is 4.90 Å². The molecule has 3 rings (SSSR count). The Balaban J connectivity index is 2.01. The zero-order valence-electron chi connectivity index (χ0n) is 13.3. The van der Waals surface area contributed by atoms with Crippen LogP contribution in [0.25, 0.3) is 6.08 Å². The summed E-state index contributed by atoms with van der Waals surface area (Å²) in [5.41, 5.74) is 4.63. The van der Waals surface area contributed by atoms with Gasteiger partial charge in [0.15, 0.2) is 0 Å². The molecule has 2 aromatic carbocycles. The van der Waals surface area contributed by atoms with Gasteiger partial charge in [-0.2, -0.15) is 0 Å². The number of anilines is 1. The number of hydrogen-bond donors (Lipinski definition) is 0. The average Bonchev–Trinajstić information content (AvgIpc) is 2.79. The van der Waals surface area contributed by atoms with Gasteiger partial charge in [0.05, 0.1) is 10.6 Å². The summed E-state index contributed by atoms with van der Waals surface area (Å²) in [5, 5.41) is -0.247. The van der Waals surface area contributed by atoms with Crippen molar-refractivity contribution >= 4 is 34.7 Å². The number of aryl methyl sites for hydroxylation is 3. The maximum atomic E-state index is 12.7. The summed E-state index contributed by atoms with van der Waals surface area (Å²) in [6, 6.07) is 13.6. The van der Waals surface area contributed by atoms with Gasteiger partial charge in [-0.1, -0.05) is 36.4 Å². The Morgan fingerprint density at radius 3 is 2.43 bits per heavy atom. The lowest BCUT2D eigenvalue weighted by atomic mass is 10.1. The summed E-state index contributed by atoms with van der Waals surface area (Å²) >= 11 is 0.993. The number of imide groups is 1. The standard InChI is InChI=1S/C19H17NO2S/c1-12-8-9-14(3)16(10-12)20-18(21)17(23-19(20)22)11-15-7-5-4-6-13(15)2/h4-11H,1-3H3/b17-11-. The minimum atomic E-state index is -0.253. The van der Waals surface area contributed by atoms with Crippen LogP contribution in [0.15, 0.2) is 47.4 Å². The van der Waals surface area contributed by atoms with E-state index in [1.165, 1.54) is 4.90 Å². The van der Waals surface area contributed by atoms with Crippen molar-refractivity contribution in [1.82, 2.24) is 0 Å². The van der Waals surface area contributed by atoms with Gasteiger partial charge in [0.25, 0.3) is 11.1 Å². The van der Waals surface area contributed by atoms with E-state index in [2.05, 4.69) is 0 Å². The number of amides is 2. The van der Waals surface area contributed by atoms with Crippen molar-refractivity contribution in [3.8, 4) is 0 Å². The molecular weight excluding hydrogens is 306 g/mol. The molecule has 1 fully saturated rings. The Hall–Kier alpha value is -2.33. The van der Waals surface area contributed by atoms with E-state index in [1.807, 2.05) is 63.2 Å².